The maximum absolute atomic E-state index is 14.2. The zero-order valence-corrected chi connectivity index (χ0v) is 30.2. The van der Waals surface area contributed by atoms with Gasteiger partial charge in [-0.1, -0.05) is 57.2 Å². The van der Waals surface area contributed by atoms with E-state index >= 15 is 0 Å². The van der Waals surface area contributed by atoms with E-state index in [2.05, 4.69) is 31.4 Å². The summed E-state index contributed by atoms with van der Waals surface area (Å²) in [5.74, 6) is 0.969. The molecule has 50 heavy (non-hydrogen) atoms. The van der Waals surface area contributed by atoms with Crippen LogP contribution in [0.25, 0.3) is 11.1 Å². The summed E-state index contributed by atoms with van der Waals surface area (Å²) < 4.78 is 6.04. The minimum absolute atomic E-state index is 0.0408. The molecule has 7 rings (SSSR count). The summed E-state index contributed by atoms with van der Waals surface area (Å²) in [4.78, 5) is 35.8. The first-order chi connectivity index (χ1) is 23.8. The second-order valence-corrected chi connectivity index (χ2v) is 15.2. The molecule has 0 radical (unpaired) electrons. The fraction of sp³-hybridized carbons (Fsp3) is 0.500. The van der Waals surface area contributed by atoms with E-state index in [1.807, 2.05) is 85.7 Å². The number of benzene rings is 3. The highest BCUT2D eigenvalue weighted by Gasteiger charge is 2.57. The quantitative estimate of drug-likeness (QED) is 0.214. The molecule has 10 heteroatoms. The second-order valence-electron chi connectivity index (χ2n) is 15.2. The van der Waals surface area contributed by atoms with Gasteiger partial charge in [-0.05, 0) is 78.8 Å². The lowest BCUT2D eigenvalue weighted by molar-refractivity contribution is -0.183. The van der Waals surface area contributed by atoms with Crippen molar-refractivity contribution in [2.75, 3.05) is 38.0 Å². The molecule has 2 bridgehead atoms. The molecule has 0 aromatic heterocycles. The van der Waals surface area contributed by atoms with Crippen molar-refractivity contribution in [1.82, 2.24) is 10.4 Å². The van der Waals surface area contributed by atoms with E-state index in [4.69, 9.17) is 9.57 Å². The molecule has 4 aliphatic rings. The van der Waals surface area contributed by atoms with Crippen molar-refractivity contribution in [3.05, 3.63) is 77.9 Å². The van der Waals surface area contributed by atoms with Crippen LogP contribution >= 0.6 is 0 Å². The van der Waals surface area contributed by atoms with Crippen LogP contribution in [-0.4, -0.2) is 79.2 Å². The van der Waals surface area contributed by atoms with Gasteiger partial charge < -0.3 is 30.5 Å². The summed E-state index contributed by atoms with van der Waals surface area (Å²) >= 11 is 0. The summed E-state index contributed by atoms with van der Waals surface area (Å²) in [6.45, 7) is 8.38. The van der Waals surface area contributed by atoms with Crippen LogP contribution in [0.5, 0.6) is 5.75 Å². The molecular weight excluding hydrogens is 632 g/mol. The summed E-state index contributed by atoms with van der Waals surface area (Å²) in [5, 5.41) is 29.1. The predicted octanol–water partition coefficient (Wildman–Crippen LogP) is 5.34. The first kappa shape index (κ1) is 35.9. The van der Waals surface area contributed by atoms with Gasteiger partial charge >= 0.3 is 0 Å². The number of rotatable bonds is 11. The van der Waals surface area contributed by atoms with E-state index in [-0.39, 0.29) is 36.4 Å². The van der Waals surface area contributed by atoms with Crippen LogP contribution in [0.3, 0.4) is 0 Å². The number of hydrogen-bond donors (Lipinski definition) is 4. The number of methoxy groups -OCH3 is 1. The van der Waals surface area contributed by atoms with Crippen molar-refractivity contribution in [1.29, 1.82) is 0 Å². The smallest absolute Gasteiger partial charge is 0.255 e. The molecular formula is C40H52N4O6. The van der Waals surface area contributed by atoms with Crippen LogP contribution < -0.4 is 20.3 Å². The lowest BCUT2D eigenvalue weighted by atomic mass is 9.45. The molecule has 1 heterocycles. The SMILES string of the molecule is COc1c(CN2O[C@@H](CO)[C@H]([C@H](C)O)[C@H]2C(=O)N[C@H]2C[C@H]3C[C@@H]([C@@H]2C)C3(C)C)cccc1-c1cc(C(=O)Nc2ccccc2)cc(N(C)C)c1. The molecule has 3 aromatic carbocycles. The number of carbonyl (C=O) groups is 2. The lowest BCUT2D eigenvalue weighted by Crippen LogP contribution is -2.62. The summed E-state index contributed by atoms with van der Waals surface area (Å²) in [6.07, 6.45) is 0.486. The molecule has 2 amide bonds. The number of hydrogen-bond acceptors (Lipinski definition) is 8. The fourth-order valence-electron chi connectivity index (χ4n) is 8.71. The number of aliphatic hydroxyl groups is 2. The molecule has 1 saturated heterocycles. The van der Waals surface area contributed by atoms with Crippen LogP contribution in [0.4, 0.5) is 11.4 Å². The molecule has 0 spiro atoms. The van der Waals surface area contributed by atoms with Gasteiger partial charge in [-0.25, -0.2) is 0 Å². The van der Waals surface area contributed by atoms with Gasteiger partial charge in [-0.15, -0.1) is 0 Å². The average Bonchev–Trinajstić information content (AvgIpc) is 3.47. The van der Waals surface area contributed by atoms with Gasteiger partial charge in [0.2, 0.25) is 5.91 Å². The standard InChI is InChI=1S/C40H52N4O6/c1-23-32-19-28(40(32,3)4)20-33(23)42-39(48)36-35(24(2)46)34(22-45)50-44(36)21-25-12-11-15-31(37(25)49-7)26-16-27(18-30(17-26)43(5)6)38(47)41-29-13-9-8-10-14-29/h8-18,23-24,28,32-36,45-46H,19-22H2,1-7H3,(H,41,47)(H,42,48)/t23-,24-,28+,32-,33-,34-,35-,36-/m0/s1. The average molecular weight is 685 g/mol. The lowest BCUT2D eigenvalue weighted by Gasteiger charge is -2.62. The molecule has 10 nitrogen and oxygen atoms in total. The van der Waals surface area contributed by atoms with Crippen LogP contribution in [-0.2, 0) is 16.2 Å². The third kappa shape index (κ3) is 6.74. The monoisotopic (exact) mass is 684 g/mol. The van der Waals surface area contributed by atoms with Crippen molar-refractivity contribution < 1.29 is 29.4 Å². The molecule has 3 saturated carbocycles. The highest BCUT2D eigenvalue weighted by atomic mass is 16.7. The summed E-state index contributed by atoms with van der Waals surface area (Å²) in [6, 6.07) is 20.0. The van der Waals surface area contributed by atoms with Crippen LogP contribution in [0.15, 0.2) is 66.7 Å². The van der Waals surface area contributed by atoms with Crippen LogP contribution in [0.2, 0.25) is 0 Å². The van der Waals surface area contributed by atoms with Gasteiger partial charge in [0, 0.05) is 54.1 Å². The van der Waals surface area contributed by atoms with Gasteiger partial charge in [0.25, 0.3) is 5.91 Å². The number of hydroxylamine groups is 2. The minimum Gasteiger partial charge on any atom is -0.496 e. The van der Waals surface area contributed by atoms with Crippen molar-refractivity contribution in [2.45, 2.75) is 71.4 Å². The Hall–Kier alpha value is -3.96. The van der Waals surface area contributed by atoms with Gasteiger partial charge in [-0.3, -0.25) is 14.4 Å². The third-order valence-corrected chi connectivity index (χ3v) is 11.7. The highest BCUT2D eigenvalue weighted by Crippen LogP contribution is 2.61. The molecule has 3 aliphatic carbocycles. The van der Waals surface area contributed by atoms with Gasteiger partial charge in [0.05, 0.1) is 26.4 Å². The number of para-hydroxylation sites is 2. The Balaban J connectivity index is 1.30. The Morgan fingerprint density at radius 1 is 1.08 bits per heavy atom. The summed E-state index contributed by atoms with van der Waals surface area (Å²) in [5.41, 5.74) is 4.63. The molecule has 268 valence electrons. The van der Waals surface area contributed by atoms with Crippen molar-refractivity contribution in [3.8, 4) is 16.9 Å². The minimum atomic E-state index is -0.897. The Bertz CT molecular complexity index is 1690. The highest BCUT2D eigenvalue weighted by molar-refractivity contribution is 6.05. The molecule has 8 atom stereocenters. The fourth-order valence-corrected chi connectivity index (χ4v) is 8.71. The number of amides is 2. The molecule has 3 aromatic rings. The zero-order chi connectivity index (χ0) is 35.9. The van der Waals surface area contributed by atoms with Gasteiger partial charge in [0.1, 0.15) is 17.9 Å². The first-order valence-electron chi connectivity index (χ1n) is 17.7. The number of aliphatic hydroxyl groups excluding tert-OH is 2. The van der Waals surface area contributed by atoms with E-state index < -0.39 is 24.2 Å². The number of nitrogens with one attached hydrogen (secondary N) is 2. The second kappa shape index (κ2) is 14.3. The predicted molar refractivity (Wildman–Crippen MR) is 195 cm³/mol. The molecule has 1 aliphatic heterocycles. The molecule has 0 unspecified atom stereocenters. The summed E-state index contributed by atoms with van der Waals surface area (Å²) in [7, 11) is 5.45. The Kier molecular flexibility index (Phi) is 10.3. The molecule has 4 fully saturated rings. The number of nitrogens with zero attached hydrogens (tertiary/aromatic N) is 2. The largest absolute Gasteiger partial charge is 0.496 e. The molecule has 4 N–H and O–H groups in total. The topological polar surface area (TPSA) is 124 Å². The Labute approximate surface area is 295 Å². The van der Waals surface area contributed by atoms with Crippen LogP contribution in [0, 0.1) is 29.1 Å². The maximum atomic E-state index is 14.2. The third-order valence-electron chi connectivity index (χ3n) is 11.7. The van der Waals surface area contributed by atoms with E-state index in [9.17, 15) is 19.8 Å². The number of carbonyl (C=O) groups excluding carboxylic acids is 2. The van der Waals surface area contributed by atoms with E-state index in [0.29, 0.717) is 34.8 Å². The number of ether oxygens (including phenoxy) is 1. The van der Waals surface area contributed by atoms with Crippen molar-refractivity contribution >= 4 is 23.2 Å². The zero-order valence-electron chi connectivity index (χ0n) is 30.2. The van der Waals surface area contributed by atoms with E-state index in [0.717, 1.165) is 28.8 Å². The van der Waals surface area contributed by atoms with E-state index in [1.165, 1.54) is 6.42 Å². The van der Waals surface area contributed by atoms with Crippen molar-refractivity contribution in [3.63, 3.8) is 0 Å². The Morgan fingerprint density at radius 2 is 1.82 bits per heavy atom. The maximum Gasteiger partial charge on any atom is 0.255 e. The van der Waals surface area contributed by atoms with Gasteiger partial charge in [0.15, 0.2) is 0 Å². The van der Waals surface area contributed by atoms with Crippen molar-refractivity contribution in [2.24, 2.45) is 29.1 Å². The van der Waals surface area contributed by atoms with E-state index in [1.54, 1.807) is 19.1 Å². The number of fused-ring (bicyclic) bond motifs is 2. The Morgan fingerprint density at radius 3 is 2.44 bits per heavy atom. The normalized spacial score (nSPS) is 27.6. The van der Waals surface area contributed by atoms with Crippen LogP contribution in [0.1, 0.15) is 56.5 Å². The first-order valence-corrected chi connectivity index (χ1v) is 17.7. The number of anilines is 2. The van der Waals surface area contributed by atoms with Gasteiger partial charge in [-0.2, -0.15) is 5.06 Å².